The Kier molecular flexibility index (Phi) is 6.44. The van der Waals surface area contributed by atoms with Gasteiger partial charge >= 0.3 is 0 Å². The highest BCUT2D eigenvalue weighted by atomic mass is 32.2. The molecular formula is C18H21FN4O3S. The van der Waals surface area contributed by atoms with E-state index in [-0.39, 0.29) is 34.9 Å². The Hall–Kier alpha value is -2.42. The zero-order valence-electron chi connectivity index (χ0n) is 15.0. The Morgan fingerprint density at radius 3 is 2.78 bits per heavy atom. The lowest BCUT2D eigenvalue weighted by molar-refractivity contribution is -0.129. The van der Waals surface area contributed by atoms with Gasteiger partial charge in [-0.2, -0.15) is 0 Å². The van der Waals surface area contributed by atoms with Gasteiger partial charge in [0.1, 0.15) is 5.82 Å². The Morgan fingerprint density at radius 2 is 2.04 bits per heavy atom. The molecule has 27 heavy (non-hydrogen) atoms. The average molecular weight is 392 g/mol. The summed E-state index contributed by atoms with van der Waals surface area (Å²) in [5.74, 6) is -0.00413. The van der Waals surface area contributed by atoms with Crippen molar-refractivity contribution in [2.45, 2.75) is 31.5 Å². The quantitative estimate of drug-likeness (QED) is 0.760. The van der Waals surface area contributed by atoms with Gasteiger partial charge in [0.25, 0.3) is 11.1 Å². The number of amides is 2. The first kappa shape index (κ1) is 19.3. The number of rotatable bonds is 6. The summed E-state index contributed by atoms with van der Waals surface area (Å²) in [6, 6.07) is 5.71. The van der Waals surface area contributed by atoms with E-state index >= 15 is 0 Å². The number of hydrogen-bond donors (Lipinski definition) is 1. The predicted octanol–water partition coefficient (Wildman–Crippen LogP) is 2.49. The van der Waals surface area contributed by atoms with Crippen molar-refractivity contribution in [1.29, 1.82) is 0 Å². The van der Waals surface area contributed by atoms with Crippen LogP contribution in [0.1, 0.15) is 36.0 Å². The molecule has 0 bridgehead atoms. The Morgan fingerprint density at radius 1 is 1.30 bits per heavy atom. The van der Waals surface area contributed by atoms with Crippen molar-refractivity contribution in [3.05, 3.63) is 41.5 Å². The molecule has 2 heterocycles. The lowest BCUT2D eigenvalue weighted by atomic mass is 9.99. The number of likely N-dealkylation sites (tertiary alicyclic amines) is 1. The molecule has 1 fully saturated rings. The van der Waals surface area contributed by atoms with E-state index in [1.54, 1.807) is 6.07 Å². The second-order valence-corrected chi connectivity index (χ2v) is 7.40. The van der Waals surface area contributed by atoms with Gasteiger partial charge in [-0.05, 0) is 30.9 Å². The first-order valence-electron chi connectivity index (χ1n) is 8.78. The largest absolute Gasteiger partial charge is 0.414 e. The van der Waals surface area contributed by atoms with E-state index in [0.717, 1.165) is 25.9 Å². The number of benzene rings is 1. The maximum Gasteiger partial charge on any atom is 0.277 e. The molecule has 3 rings (SSSR count). The molecule has 0 radical (unpaired) electrons. The molecule has 1 aromatic carbocycles. The van der Waals surface area contributed by atoms with Gasteiger partial charge in [-0.3, -0.25) is 9.59 Å². The van der Waals surface area contributed by atoms with Crippen LogP contribution in [0, 0.1) is 11.7 Å². The molecule has 2 aromatic rings. The van der Waals surface area contributed by atoms with Gasteiger partial charge in [-0.1, -0.05) is 30.8 Å². The van der Waals surface area contributed by atoms with Gasteiger partial charge in [0.2, 0.25) is 11.8 Å². The van der Waals surface area contributed by atoms with Gasteiger partial charge in [-0.15, -0.1) is 10.2 Å². The van der Waals surface area contributed by atoms with Crippen molar-refractivity contribution in [2.24, 2.45) is 5.92 Å². The van der Waals surface area contributed by atoms with E-state index in [2.05, 4.69) is 22.4 Å². The molecule has 1 aliphatic heterocycles. The third-order valence-electron chi connectivity index (χ3n) is 4.42. The van der Waals surface area contributed by atoms with Gasteiger partial charge in [0, 0.05) is 13.1 Å². The lowest BCUT2D eigenvalue weighted by Crippen LogP contribution is -2.38. The Labute approximate surface area is 160 Å². The highest BCUT2D eigenvalue weighted by Crippen LogP contribution is 2.20. The standard InChI is InChI=1S/C18H21FN4O3S/c1-12-6-8-23(9-7-12)16(24)11-27-18-22-21-15(26-18)10-20-17(25)13-4-2-3-5-14(13)19/h2-5,12H,6-11H2,1H3,(H,20,25). The highest BCUT2D eigenvalue weighted by molar-refractivity contribution is 7.99. The van der Waals surface area contributed by atoms with E-state index in [1.165, 1.54) is 30.0 Å². The number of carbonyl (C=O) groups is 2. The molecule has 1 aromatic heterocycles. The van der Waals surface area contributed by atoms with Crippen molar-refractivity contribution in [1.82, 2.24) is 20.4 Å². The van der Waals surface area contributed by atoms with Crippen molar-refractivity contribution in [3.63, 3.8) is 0 Å². The van der Waals surface area contributed by atoms with Gasteiger partial charge in [0.05, 0.1) is 17.9 Å². The summed E-state index contributed by atoms with van der Waals surface area (Å²) in [5.41, 5.74) is -0.0481. The summed E-state index contributed by atoms with van der Waals surface area (Å²) in [4.78, 5) is 26.0. The Bertz CT molecular complexity index is 805. The van der Waals surface area contributed by atoms with E-state index in [1.807, 2.05) is 4.90 Å². The van der Waals surface area contributed by atoms with Crippen LogP contribution in [-0.4, -0.2) is 45.8 Å². The van der Waals surface area contributed by atoms with Gasteiger partial charge < -0.3 is 14.6 Å². The van der Waals surface area contributed by atoms with Crippen LogP contribution in [0.25, 0.3) is 0 Å². The van der Waals surface area contributed by atoms with Gasteiger partial charge in [-0.25, -0.2) is 4.39 Å². The van der Waals surface area contributed by atoms with Crippen LogP contribution in [0.15, 0.2) is 33.9 Å². The second kappa shape index (κ2) is 8.98. The van der Waals surface area contributed by atoms with E-state index in [4.69, 9.17) is 4.42 Å². The van der Waals surface area contributed by atoms with Crippen LogP contribution < -0.4 is 5.32 Å². The number of aromatic nitrogens is 2. The number of nitrogens with zero attached hydrogens (tertiary/aromatic N) is 3. The van der Waals surface area contributed by atoms with Crippen LogP contribution in [0.5, 0.6) is 0 Å². The zero-order chi connectivity index (χ0) is 19.2. The number of halogens is 1. The molecule has 1 N–H and O–H groups in total. The SMILES string of the molecule is CC1CCN(C(=O)CSc2nnc(CNC(=O)c3ccccc3F)o2)CC1. The molecule has 1 saturated heterocycles. The second-order valence-electron chi connectivity index (χ2n) is 6.48. The molecule has 0 saturated carbocycles. The van der Waals surface area contributed by atoms with Crippen LogP contribution in [0.3, 0.4) is 0 Å². The topological polar surface area (TPSA) is 88.3 Å². The maximum absolute atomic E-state index is 13.6. The lowest BCUT2D eigenvalue weighted by Gasteiger charge is -2.30. The number of thioether (sulfide) groups is 1. The molecule has 9 heteroatoms. The smallest absolute Gasteiger partial charge is 0.277 e. The molecule has 0 aliphatic carbocycles. The van der Waals surface area contributed by atoms with Crippen LogP contribution in [0.2, 0.25) is 0 Å². The minimum Gasteiger partial charge on any atom is -0.414 e. The molecule has 144 valence electrons. The van der Waals surface area contributed by atoms with Crippen LogP contribution in [0.4, 0.5) is 4.39 Å². The number of piperidine rings is 1. The number of hydrogen-bond acceptors (Lipinski definition) is 6. The van der Waals surface area contributed by atoms with E-state index < -0.39 is 11.7 Å². The fourth-order valence-electron chi connectivity index (χ4n) is 2.74. The summed E-state index contributed by atoms with van der Waals surface area (Å²) in [7, 11) is 0. The fourth-order valence-corrected chi connectivity index (χ4v) is 3.42. The number of nitrogens with one attached hydrogen (secondary N) is 1. The first-order valence-corrected chi connectivity index (χ1v) is 9.77. The Balaban J connectivity index is 1.45. The molecule has 2 amide bonds. The third-order valence-corrected chi connectivity index (χ3v) is 5.23. The van der Waals surface area contributed by atoms with Crippen molar-refractivity contribution >= 4 is 23.6 Å². The van der Waals surface area contributed by atoms with Crippen LogP contribution >= 0.6 is 11.8 Å². The highest BCUT2D eigenvalue weighted by Gasteiger charge is 2.21. The maximum atomic E-state index is 13.6. The molecule has 0 atom stereocenters. The van der Waals surface area contributed by atoms with Crippen molar-refractivity contribution in [2.75, 3.05) is 18.8 Å². The predicted molar refractivity (Wildman–Crippen MR) is 97.6 cm³/mol. The minimum absolute atomic E-state index is 0.0152. The average Bonchev–Trinajstić information content (AvgIpc) is 3.13. The minimum atomic E-state index is -0.595. The fraction of sp³-hybridized carbons (Fsp3) is 0.444. The molecule has 0 unspecified atom stereocenters. The summed E-state index contributed by atoms with van der Waals surface area (Å²) in [6.07, 6.45) is 2.06. The molecule has 0 spiro atoms. The van der Waals surface area contributed by atoms with Crippen LogP contribution in [-0.2, 0) is 11.3 Å². The summed E-state index contributed by atoms with van der Waals surface area (Å²) < 4.78 is 19.0. The molecule has 1 aliphatic rings. The third kappa shape index (κ3) is 5.29. The normalized spacial score (nSPS) is 15.0. The molecule has 7 nitrogen and oxygen atoms in total. The number of carbonyl (C=O) groups excluding carboxylic acids is 2. The van der Waals surface area contributed by atoms with Crippen molar-refractivity contribution in [3.8, 4) is 0 Å². The monoisotopic (exact) mass is 392 g/mol. The van der Waals surface area contributed by atoms with E-state index in [9.17, 15) is 14.0 Å². The van der Waals surface area contributed by atoms with Gasteiger partial charge in [0.15, 0.2) is 0 Å². The molecular weight excluding hydrogens is 371 g/mol. The summed E-state index contributed by atoms with van der Waals surface area (Å²) >= 11 is 1.17. The van der Waals surface area contributed by atoms with Crippen molar-refractivity contribution < 1.29 is 18.4 Å². The summed E-state index contributed by atoms with van der Waals surface area (Å²) in [6.45, 7) is 3.76. The zero-order valence-corrected chi connectivity index (χ0v) is 15.8. The summed E-state index contributed by atoms with van der Waals surface area (Å²) in [5, 5.41) is 10.5. The first-order chi connectivity index (χ1) is 13.0. The van der Waals surface area contributed by atoms with E-state index in [0.29, 0.717) is 5.92 Å².